The highest BCUT2D eigenvalue weighted by molar-refractivity contribution is 5.81. The van der Waals surface area contributed by atoms with Crippen LogP contribution in [0.25, 0.3) is 0 Å². The summed E-state index contributed by atoms with van der Waals surface area (Å²) in [4.78, 5) is 24.2. The van der Waals surface area contributed by atoms with Crippen LogP contribution in [0, 0.1) is 5.92 Å². The molecule has 0 aromatic heterocycles. The molecule has 2 rings (SSSR count). The van der Waals surface area contributed by atoms with Gasteiger partial charge in [0.1, 0.15) is 5.75 Å². The van der Waals surface area contributed by atoms with Gasteiger partial charge in [0.05, 0.1) is 25.7 Å². The Morgan fingerprint density at radius 3 is 2.35 bits per heavy atom. The molecule has 0 spiro atoms. The quantitative estimate of drug-likeness (QED) is 0.785. The zero-order valence-corrected chi connectivity index (χ0v) is 14.0. The maximum atomic E-state index is 12.2. The standard InChI is InChI=1S/C18H25NO4/c1-12(2)23-17(20)11-16(19-18(21)14-5-4-6-14)13-7-9-15(22-3)10-8-13/h7-10,12,14,16H,4-6,11H2,1-3H3,(H,19,21)/t16-/m0/s1. The van der Waals surface area contributed by atoms with Gasteiger partial charge in [-0.2, -0.15) is 0 Å². The van der Waals surface area contributed by atoms with Gasteiger partial charge in [0.15, 0.2) is 0 Å². The number of carbonyl (C=O) groups is 2. The first-order chi connectivity index (χ1) is 11.0. The Morgan fingerprint density at radius 1 is 1.22 bits per heavy atom. The number of esters is 1. The molecule has 1 atom stereocenters. The van der Waals surface area contributed by atoms with Crippen molar-refractivity contribution in [2.45, 2.75) is 51.7 Å². The van der Waals surface area contributed by atoms with Gasteiger partial charge in [-0.05, 0) is 44.4 Å². The summed E-state index contributed by atoms with van der Waals surface area (Å²) in [7, 11) is 1.60. The van der Waals surface area contributed by atoms with Crippen LogP contribution in [-0.4, -0.2) is 25.1 Å². The number of nitrogens with one attached hydrogen (secondary N) is 1. The van der Waals surface area contributed by atoms with Crippen LogP contribution in [0.5, 0.6) is 5.75 Å². The van der Waals surface area contributed by atoms with Crippen LogP contribution in [0.2, 0.25) is 0 Å². The molecule has 1 aromatic rings. The van der Waals surface area contributed by atoms with Crippen LogP contribution in [-0.2, 0) is 14.3 Å². The van der Waals surface area contributed by atoms with E-state index in [1.54, 1.807) is 7.11 Å². The minimum absolute atomic E-state index is 0.0226. The molecule has 1 saturated carbocycles. The van der Waals surface area contributed by atoms with Crippen molar-refractivity contribution in [3.05, 3.63) is 29.8 Å². The lowest BCUT2D eigenvalue weighted by Crippen LogP contribution is -2.38. The Balaban J connectivity index is 2.08. The summed E-state index contributed by atoms with van der Waals surface area (Å²) in [5.41, 5.74) is 0.874. The van der Waals surface area contributed by atoms with Gasteiger partial charge >= 0.3 is 5.97 Å². The van der Waals surface area contributed by atoms with Crippen molar-refractivity contribution in [2.24, 2.45) is 5.92 Å². The molecule has 0 bridgehead atoms. The smallest absolute Gasteiger partial charge is 0.308 e. The first-order valence-corrected chi connectivity index (χ1v) is 8.13. The fourth-order valence-corrected chi connectivity index (χ4v) is 2.53. The molecule has 1 amide bonds. The van der Waals surface area contributed by atoms with Crippen molar-refractivity contribution in [3.8, 4) is 5.75 Å². The highest BCUT2D eigenvalue weighted by Gasteiger charge is 2.28. The number of benzene rings is 1. The summed E-state index contributed by atoms with van der Waals surface area (Å²) in [5.74, 6) is 0.531. The molecule has 1 aromatic carbocycles. The van der Waals surface area contributed by atoms with E-state index in [-0.39, 0.29) is 36.4 Å². The Morgan fingerprint density at radius 2 is 1.87 bits per heavy atom. The third-order valence-corrected chi connectivity index (χ3v) is 4.05. The number of amides is 1. The molecule has 1 aliphatic carbocycles. The second kappa shape index (κ2) is 7.99. The van der Waals surface area contributed by atoms with E-state index in [2.05, 4.69) is 5.32 Å². The Hall–Kier alpha value is -2.04. The van der Waals surface area contributed by atoms with Crippen molar-refractivity contribution in [1.29, 1.82) is 0 Å². The van der Waals surface area contributed by atoms with E-state index >= 15 is 0 Å². The number of rotatable bonds is 7. The van der Waals surface area contributed by atoms with E-state index in [9.17, 15) is 9.59 Å². The van der Waals surface area contributed by atoms with Crippen molar-refractivity contribution < 1.29 is 19.1 Å². The third-order valence-electron chi connectivity index (χ3n) is 4.05. The van der Waals surface area contributed by atoms with Crippen molar-refractivity contribution in [3.63, 3.8) is 0 Å². The summed E-state index contributed by atoms with van der Waals surface area (Å²) in [6.07, 6.45) is 2.92. The van der Waals surface area contributed by atoms with Gasteiger partial charge in [-0.3, -0.25) is 9.59 Å². The molecule has 126 valence electrons. The summed E-state index contributed by atoms with van der Waals surface area (Å²) >= 11 is 0. The predicted octanol–water partition coefficient (Wildman–Crippen LogP) is 2.99. The average Bonchev–Trinajstić information content (AvgIpc) is 2.44. The molecule has 0 aliphatic heterocycles. The van der Waals surface area contributed by atoms with Gasteiger partial charge < -0.3 is 14.8 Å². The van der Waals surface area contributed by atoms with E-state index in [0.717, 1.165) is 30.6 Å². The summed E-state index contributed by atoms with van der Waals surface area (Å²) < 4.78 is 10.4. The topological polar surface area (TPSA) is 64.6 Å². The minimum atomic E-state index is -0.375. The van der Waals surface area contributed by atoms with Crippen LogP contribution in [0.15, 0.2) is 24.3 Å². The van der Waals surface area contributed by atoms with Crippen molar-refractivity contribution in [1.82, 2.24) is 5.32 Å². The van der Waals surface area contributed by atoms with Gasteiger partial charge in [-0.25, -0.2) is 0 Å². The van der Waals surface area contributed by atoms with Crippen LogP contribution in [0.1, 0.15) is 51.1 Å². The molecule has 5 heteroatoms. The van der Waals surface area contributed by atoms with Gasteiger partial charge in [-0.1, -0.05) is 18.6 Å². The van der Waals surface area contributed by atoms with E-state index in [1.165, 1.54) is 0 Å². The number of hydrogen-bond donors (Lipinski definition) is 1. The lowest BCUT2D eigenvalue weighted by Gasteiger charge is -2.27. The largest absolute Gasteiger partial charge is 0.497 e. The van der Waals surface area contributed by atoms with E-state index in [1.807, 2.05) is 38.1 Å². The van der Waals surface area contributed by atoms with Crippen LogP contribution in [0.4, 0.5) is 0 Å². The molecule has 23 heavy (non-hydrogen) atoms. The summed E-state index contributed by atoms with van der Waals surface area (Å²) in [6, 6.07) is 7.01. The summed E-state index contributed by atoms with van der Waals surface area (Å²) in [6.45, 7) is 3.63. The molecule has 1 N–H and O–H groups in total. The predicted molar refractivity (Wildman–Crippen MR) is 87.1 cm³/mol. The highest BCUT2D eigenvalue weighted by Crippen LogP contribution is 2.28. The first-order valence-electron chi connectivity index (χ1n) is 8.13. The fourth-order valence-electron chi connectivity index (χ4n) is 2.53. The molecule has 0 radical (unpaired) electrons. The Labute approximate surface area is 137 Å². The third kappa shape index (κ3) is 4.98. The number of carbonyl (C=O) groups excluding carboxylic acids is 2. The zero-order valence-electron chi connectivity index (χ0n) is 14.0. The second-order valence-corrected chi connectivity index (χ2v) is 6.20. The Kier molecular flexibility index (Phi) is 6.02. The molecule has 0 saturated heterocycles. The van der Waals surface area contributed by atoms with Gasteiger partial charge in [0, 0.05) is 5.92 Å². The van der Waals surface area contributed by atoms with Gasteiger partial charge in [-0.15, -0.1) is 0 Å². The molecule has 0 heterocycles. The first kappa shape index (κ1) is 17.3. The lowest BCUT2D eigenvalue weighted by molar-refractivity contribution is -0.148. The highest BCUT2D eigenvalue weighted by atomic mass is 16.5. The van der Waals surface area contributed by atoms with Crippen LogP contribution in [0.3, 0.4) is 0 Å². The number of hydrogen-bond acceptors (Lipinski definition) is 4. The van der Waals surface area contributed by atoms with Crippen molar-refractivity contribution >= 4 is 11.9 Å². The number of ether oxygens (including phenoxy) is 2. The SMILES string of the molecule is COc1ccc([C@H](CC(=O)OC(C)C)NC(=O)C2CCC2)cc1. The molecule has 1 aliphatic rings. The van der Waals surface area contributed by atoms with Gasteiger partial charge in [0.2, 0.25) is 5.91 Å². The molecule has 1 fully saturated rings. The molecule has 5 nitrogen and oxygen atoms in total. The monoisotopic (exact) mass is 319 g/mol. The van der Waals surface area contributed by atoms with Crippen LogP contribution < -0.4 is 10.1 Å². The zero-order chi connectivity index (χ0) is 16.8. The maximum absolute atomic E-state index is 12.2. The summed E-state index contributed by atoms with van der Waals surface area (Å²) in [5, 5.41) is 3.00. The van der Waals surface area contributed by atoms with E-state index in [4.69, 9.17) is 9.47 Å². The fraction of sp³-hybridized carbons (Fsp3) is 0.556. The molecular formula is C18H25NO4. The maximum Gasteiger partial charge on any atom is 0.308 e. The van der Waals surface area contributed by atoms with E-state index in [0.29, 0.717) is 0 Å². The number of methoxy groups -OCH3 is 1. The molecular weight excluding hydrogens is 294 g/mol. The average molecular weight is 319 g/mol. The lowest BCUT2D eigenvalue weighted by atomic mass is 9.84. The van der Waals surface area contributed by atoms with Crippen molar-refractivity contribution in [2.75, 3.05) is 7.11 Å². The normalized spacial score (nSPS) is 15.7. The molecule has 0 unspecified atom stereocenters. The second-order valence-electron chi connectivity index (χ2n) is 6.20. The van der Waals surface area contributed by atoms with Crippen LogP contribution >= 0.6 is 0 Å². The Bertz CT molecular complexity index is 534. The minimum Gasteiger partial charge on any atom is -0.497 e. The van der Waals surface area contributed by atoms with E-state index < -0.39 is 0 Å². The van der Waals surface area contributed by atoms with Gasteiger partial charge in [0.25, 0.3) is 0 Å².